The highest BCUT2D eigenvalue weighted by Crippen LogP contribution is 2.31. The quantitative estimate of drug-likeness (QED) is 0.407. The molecule has 0 radical (unpaired) electrons. The number of hydrogen-bond acceptors (Lipinski definition) is 4. The van der Waals surface area contributed by atoms with E-state index in [-0.39, 0.29) is 21.6 Å². The van der Waals surface area contributed by atoms with Crippen molar-refractivity contribution in [3.05, 3.63) is 48.6 Å². The Bertz CT molecular complexity index is 805. The van der Waals surface area contributed by atoms with E-state index in [2.05, 4.69) is 6.58 Å². The largest absolute Gasteiger partial charge is 0.423 e. The summed E-state index contributed by atoms with van der Waals surface area (Å²) in [6, 6.07) is 8.95. The molecule has 0 saturated carbocycles. The van der Waals surface area contributed by atoms with Crippen molar-refractivity contribution in [2.45, 2.75) is 11.8 Å². The van der Waals surface area contributed by atoms with Crippen LogP contribution in [0.2, 0.25) is 0 Å². The van der Waals surface area contributed by atoms with Crippen LogP contribution in [0.4, 0.5) is 0 Å². The molecule has 0 fully saturated rings. The van der Waals surface area contributed by atoms with Crippen LogP contribution in [0.25, 0.3) is 10.8 Å². The number of hydrogen-bond donors (Lipinski definition) is 1. The summed E-state index contributed by atoms with van der Waals surface area (Å²) in [6.07, 6.45) is 0. The average Bonchev–Trinajstić information content (AvgIpc) is 2.37. The lowest BCUT2D eigenvalue weighted by molar-refractivity contribution is -0.129. The van der Waals surface area contributed by atoms with Gasteiger partial charge in [-0.3, -0.25) is 4.55 Å². The van der Waals surface area contributed by atoms with Gasteiger partial charge in [0.05, 0.1) is 0 Å². The van der Waals surface area contributed by atoms with E-state index in [1.807, 2.05) is 0 Å². The number of rotatable bonds is 3. The van der Waals surface area contributed by atoms with Gasteiger partial charge in [0.25, 0.3) is 10.1 Å². The summed E-state index contributed by atoms with van der Waals surface area (Å²) < 4.78 is 37.0. The van der Waals surface area contributed by atoms with Crippen LogP contribution in [-0.4, -0.2) is 18.9 Å². The molecule has 1 N–H and O–H groups in total. The van der Waals surface area contributed by atoms with Gasteiger partial charge in [0.2, 0.25) is 0 Å². The van der Waals surface area contributed by atoms with E-state index in [0.717, 1.165) is 0 Å². The fourth-order valence-corrected chi connectivity index (χ4v) is 2.44. The van der Waals surface area contributed by atoms with E-state index in [1.54, 1.807) is 18.2 Å². The van der Waals surface area contributed by atoms with E-state index in [1.165, 1.54) is 25.1 Å². The Morgan fingerprint density at radius 1 is 1.15 bits per heavy atom. The maximum atomic E-state index is 11.5. The number of carbonyl (C=O) groups is 1. The first-order valence-corrected chi connectivity index (χ1v) is 7.11. The Hall–Kier alpha value is -2.18. The number of carbonyl (C=O) groups excluding carboxylic acids is 1. The number of esters is 1. The molecular weight excluding hydrogens is 280 g/mol. The van der Waals surface area contributed by atoms with Gasteiger partial charge < -0.3 is 4.74 Å². The van der Waals surface area contributed by atoms with E-state index >= 15 is 0 Å². The van der Waals surface area contributed by atoms with Crippen LogP contribution in [0.3, 0.4) is 0 Å². The molecule has 0 saturated heterocycles. The number of benzene rings is 2. The third-order valence-corrected chi connectivity index (χ3v) is 3.58. The number of ether oxygens (including phenoxy) is 1. The van der Waals surface area contributed by atoms with E-state index in [4.69, 9.17) is 4.74 Å². The summed E-state index contributed by atoms with van der Waals surface area (Å²) in [5.74, 6) is -0.393. The van der Waals surface area contributed by atoms with Crippen LogP contribution in [-0.2, 0) is 14.9 Å². The number of fused-ring (bicyclic) bond motifs is 1. The first kappa shape index (κ1) is 14.2. The van der Waals surface area contributed by atoms with Crippen LogP contribution in [0.5, 0.6) is 5.75 Å². The monoisotopic (exact) mass is 292 g/mol. The highest BCUT2D eigenvalue weighted by atomic mass is 32.2. The molecular formula is C14H12O5S. The maximum Gasteiger partial charge on any atom is 0.338 e. The third kappa shape index (κ3) is 2.71. The van der Waals surface area contributed by atoms with Crippen molar-refractivity contribution in [1.29, 1.82) is 0 Å². The molecule has 0 aliphatic heterocycles. The van der Waals surface area contributed by atoms with Crippen LogP contribution in [0, 0.1) is 0 Å². The van der Waals surface area contributed by atoms with Gasteiger partial charge >= 0.3 is 5.97 Å². The summed E-state index contributed by atoms with van der Waals surface area (Å²) in [5, 5.41) is 0.694. The lowest BCUT2D eigenvalue weighted by atomic mass is 10.1. The zero-order chi connectivity index (χ0) is 14.9. The summed E-state index contributed by atoms with van der Waals surface area (Å²) in [4.78, 5) is 11.3. The minimum atomic E-state index is -4.35. The van der Waals surface area contributed by atoms with Crippen molar-refractivity contribution < 1.29 is 22.5 Å². The molecule has 2 aromatic carbocycles. The zero-order valence-electron chi connectivity index (χ0n) is 10.7. The minimum Gasteiger partial charge on any atom is -0.423 e. The van der Waals surface area contributed by atoms with Gasteiger partial charge in [0, 0.05) is 16.3 Å². The van der Waals surface area contributed by atoms with Crippen LogP contribution < -0.4 is 4.74 Å². The molecule has 104 valence electrons. The Morgan fingerprint density at radius 3 is 2.30 bits per heavy atom. The van der Waals surface area contributed by atoms with Gasteiger partial charge in [-0.2, -0.15) is 8.42 Å². The van der Waals surface area contributed by atoms with Gasteiger partial charge in [-0.05, 0) is 19.1 Å². The first-order valence-electron chi connectivity index (χ1n) is 5.67. The van der Waals surface area contributed by atoms with Crippen LogP contribution >= 0.6 is 0 Å². The standard InChI is InChI=1S/C14H12O5S/c1-9(2)14(15)19-12-7-8-13(20(16,17)18)11-6-4-3-5-10(11)12/h3-8H,1H2,2H3,(H,16,17,18). The fraction of sp³-hybridized carbons (Fsp3) is 0.0714. The molecule has 0 heterocycles. The molecule has 2 rings (SSSR count). The van der Waals surface area contributed by atoms with Gasteiger partial charge in [-0.15, -0.1) is 0 Å². The van der Waals surface area contributed by atoms with Crippen molar-refractivity contribution >= 4 is 26.9 Å². The zero-order valence-corrected chi connectivity index (χ0v) is 11.5. The summed E-state index contributed by atoms with van der Waals surface area (Å²) in [6.45, 7) is 4.99. The Morgan fingerprint density at radius 2 is 1.75 bits per heavy atom. The topological polar surface area (TPSA) is 80.7 Å². The molecule has 0 aromatic heterocycles. The van der Waals surface area contributed by atoms with Gasteiger partial charge in [-0.1, -0.05) is 30.8 Å². The van der Waals surface area contributed by atoms with Crippen molar-refractivity contribution in [1.82, 2.24) is 0 Å². The maximum absolute atomic E-state index is 11.5. The average molecular weight is 292 g/mol. The van der Waals surface area contributed by atoms with E-state index in [9.17, 15) is 17.8 Å². The highest BCUT2D eigenvalue weighted by molar-refractivity contribution is 7.86. The Labute approximate surface area is 116 Å². The van der Waals surface area contributed by atoms with Gasteiger partial charge in [-0.25, -0.2) is 4.79 Å². The highest BCUT2D eigenvalue weighted by Gasteiger charge is 2.17. The fourth-order valence-electron chi connectivity index (χ4n) is 1.74. The predicted molar refractivity (Wildman–Crippen MR) is 74.2 cm³/mol. The molecule has 0 aliphatic rings. The second kappa shape index (κ2) is 5.07. The van der Waals surface area contributed by atoms with Gasteiger partial charge in [0.15, 0.2) is 0 Å². The SMILES string of the molecule is C=C(C)C(=O)Oc1ccc(S(=O)(=O)O)c2ccccc12. The smallest absolute Gasteiger partial charge is 0.338 e. The molecule has 2 aromatic rings. The molecule has 20 heavy (non-hydrogen) atoms. The predicted octanol–water partition coefficient (Wildman–Crippen LogP) is 2.57. The molecule has 0 atom stereocenters. The molecule has 0 spiro atoms. The van der Waals surface area contributed by atoms with Gasteiger partial charge in [0.1, 0.15) is 10.6 Å². The molecule has 0 bridgehead atoms. The third-order valence-electron chi connectivity index (χ3n) is 2.67. The van der Waals surface area contributed by atoms with Crippen molar-refractivity contribution in [3.8, 4) is 5.75 Å². The Kier molecular flexibility index (Phi) is 3.61. The normalized spacial score (nSPS) is 11.3. The van der Waals surface area contributed by atoms with E-state index < -0.39 is 16.1 Å². The minimum absolute atomic E-state index is 0.209. The summed E-state index contributed by atoms with van der Waals surface area (Å²) in [5.41, 5.74) is 0.230. The van der Waals surface area contributed by atoms with E-state index in [0.29, 0.717) is 5.39 Å². The summed E-state index contributed by atoms with van der Waals surface area (Å²) >= 11 is 0. The second-order valence-electron chi connectivity index (χ2n) is 4.25. The molecule has 6 heteroatoms. The van der Waals surface area contributed by atoms with Crippen LogP contribution in [0.1, 0.15) is 6.92 Å². The second-order valence-corrected chi connectivity index (χ2v) is 5.64. The molecule has 0 unspecified atom stereocenters. The van der Waals surface area contributed by atoms with Crippen LogP contribution in [0.15, 0.2) is 53.4 Å². The molecule has 0 amide bonds. The van der Waals surface area contributed by atoms with Crippen molar-refractivity contribution in [2.75, 3.05) is 0 Å². The first-order chi connectivity index (χ1) is 9.30. The molecule has 5 nitrogen and oxygen atoms in total. The lowest BCUT2D eigenvalue weighted by Gasteiger charge is -2.10. The molecule has 0 aliphatic carbocycles. The Balaban J connectivity index is 2.66. The summed E-state index contributed by atoms with van der Waals surface area (Å²) in [7, 11) is -4.35. The van der Waals surface area contributed by atoms with Crippen molar-refractivity contribution in [2.24, 2.45) is 0 Å². The van der Waals surface area contributed by atoms with Crippen molar-refractivity contribution in [3.63, 3.8) is 0 Å². The lowest BCUT2D eigenvalue weighted by Crippen LogP contribution is -2.09.